The number of rotatable bonds is 9. The van der Waals surface area contributed by atoms with Crippen molar-refractivity contribution in [2.24, 2.45) is 5.16 Å². The molecule has 214 valence electrons. The standard InChI is InChI=1S/C22H19ClN8O8S2/c1-7(19(34)35)39-29-12(11-15(23)41-22(25)28-11)16(32)27-13-17(33)31-14(20(36)37)8(6-40-18(13)31)4-30-3-2-10-9(5-30)26-21(24)38-10/h2-3,5,7,13,18H,4,6H2,1H3,(H6-,24,25,26,27,28,32,34,35,36,37)/b29-12-/t7-,13?,18+/m0/s1. The van der Waals surface area contributed by atoms with Crippen LogP contribution in [0.25, 0.3) is 11.1 Å². The molecule has 0 saturated carbocycles. The van der Waals surface area contributed by atoms with Crippen LogP contribution >= 0.6 is 34.7 Å². The number of carboxylic acid groups (broad SMARTS) is 2. The van der Waals surface area contributed by atoms with Gasteiger partial charge in [0.2, 0.25) is 6.10 Å². The number of nitrogens with one attached hydrogen (secondary N) is 1. The quantitative estimate of drug-likeness (QED) is 0.0938. The number of carbonyl (C=O) groups is 4. The summed E-state index contributed by atoms with van der Waals surface area (Å²) in [6.45, 7) is 1.29. The van der Waals surface area contributed by atoms with Crippen LogP contribution in [-0.2, 0) is 30.6 Å². The van der Waals surface area contributed by atoms with Crippen LogP contribution < -0.4 is 26.5 Å². The summed E-state index contributed by atoms with van der Waals surface area (Å²) in [4.78, 5) is 63.5. The summed E-state index contributed by atoms with van der Waals surface area (Å²) in [7, 11) is 0. The number of oxazole rings is 1. The minimum Gasteiger partial charge on any atom is -0.543 e. The van der Waals surface area contributed by atoms with E-state index in [1.165, 1.54) is 18.7 Å². The Hall–Kier alpha value is -4.42. The van der Waals surface area contributed by atoms with Crippen molar-refractivity contribution in [2.75, 3.05) is 17.2 Å². The number of carboxylic acids is 2. The van der Waals surface area contributed by atoms with Gasteiger partial charge in [0.1, 0.15) is 21.4 Å². The third-order valence-corrected chi connectivity index (χ3v) is 8.42. The second-order valence-electron chi connectivity index (χ2n) is 8.72. The van der Waals surface area contributed by atoms with Gasteiger partial charge in [0.25, 0.3) is 17.8 Å². The molecule has 1 fully saturated rings. The van der Waals surface area contributed by atoms with E-state index in [0.717, 1.165) is 16.2 Å². The highest BCUT2D eigenvalue weighted by molar-refractivity contribution is 8.00. The highest BCUT2D eigenvalue weighted by Crippen LogP contribution is 2.40. The number of halogens is 1. The number of anilines is 2. The lowest BCUT2D eigenvalue weighted by Crippen LogP contribution is -2.71. The molecular weight excluding hydrogens is 604 g/mol. The van der Waals surface area contributed by atoms with Crippen LogP contribution in [-0.4, -0.2) is 72.7 Å². The zero-order valence-corrected chi connectivity index (χ0v) is 23.2. The molecule has 19 heteroatoms. The topological polar surface area (TPSA) is 243 Å². The van der Waals surface area contributed by atoms with E-state index >= 15 is 0 Å². The molecule has 16 nitrogen and oxygen atoms in total. The molecule has 3 aromatic rings. The Labute approximate surface area is 242 Å². The number of carbonyl (C=O) groups excluding carboxylic acids is 3. The molecule has 6 N–H and O–H groups in total. The van der Waals surface area contributed by atoms with Gasteiger partial charge >= 0.3 is 5.97 Å². The van der Waals surface area contributed by atoms with Crippen molar-refractivity contribution < 1.29 is 43.2 Å². The largest absolute Gasteiger partial charge is 0.543 e. The number of β-lactam (4-membered cyclic amide) rings is 1. The Bertz CT molecular complexity index is 1670. The molecule has 3 aromatic heterocycles. The Morgan fingerprint density at radius 3 is 2.83 bits per heavy atom. The summed E-state index contributed by atoms with van der Waals surface area (Å²) in [5.41, 5.74) is 11.6. The zero-order chi connectivity index (χ0) is 29.6. The maximum atomic E-state index is 13.2. The summed E-state index contributed by atoms with van der Waals surface area (Å²) in [5, 5.41) is 26.5. The van der Waals surface area contributed by atoms with E-state index in [-0.39, 0.29) is 39.2 Å². The predicted molar refractivity (Wildman–Crippen MR) is 142 cm³/mol. The Morgan fingerprint density at radius 1 is 1.41 bits per heavy atom. The van der Waals surface area contributed by atoms with Crippen molar-refractivity contribution in [3.63, 3.8) is 0 Å². The molecule has 0 spiro atoms. The lowest BCUT2D eigenvalue weighted by Gasteiger charge is -2.50. The predicted octanol–water partition coefficient (Wildman–Crippen LogP) is -1.31. The van der Waals surface area contributed by atoms with Crippen molar-refractivity contribution in [1.29, 1.82) is 0 Å². The number of nitrogen functional groups attached to an aromatic ring is 2. The van der Waals surface area contributed by atoms with E-state index in [1.807, 2.05) is 0 Å². The van der Waals surface area contributed by atoms with Gasteiger partial charge in [-0.3, -0.25) is 14.5 Å². The van der Waals surface area contributed by atoms with Crippen LogP contribution in [0, 0.1) is 0 Å². The highest BCUT2D eigenvalue weighted by Gasteiger charge is 2.53. The summed E-state index contributed by atoms with van der Waals surface area (Å²) in [6.07, 6.45) is 1.85. The summed E-state index contributed by atoms with van der Waals surface area (Å²) < 4.78 is 6.89. The number of thioether (sulfide) groups is 1. The molecule has 0 bridgehead atoms. The number of nitrogens with two attached hydrogens (primary N) is 2. The van der Waals surface area contributed by atoms with Gasteiger partial charge in [-0.25, -0.2) is 9.78 Å². The molecule has 1 saturated heterocycles. The van der Waals surface area contributed by atoms with Gasteiger partial charge in [-0.2, -0.15) is 9.55 Å². The molecule has 2 aliphatic rings. The second kappa shape index (κ2) is 10.9. The highest BCUT2D eigenvalue weighted by atomic mass is 35.5. The lowest BCUT2D eigenvalue weighted by molar-refractivity contribution is -0.687. The van der Waals surface area contributed by atoms with E-state index in [9.17, 15) is 24.3 Å². The van der Waals surface area contributed by atoms with E-state index in [4.69, 9.17) is 37.4 Å². The first-order valence-corrected chi connectivity index (χ1v) is 13.8. The maximum Gasteiger partial charge on any atom is 0.347 e. The van der Waals surface area contributed by atoms with E-state index in [0.29, 0.717) is 16.7 Å². The van der Waals surface area contributed by atoms with E-state index in [1.54, 1.807) is 23.0 Å². The number of aliphatic carboxylic acids is 2. The number of fused-ring (bicyclic) bond motifs is 2. The monoisotopic (exact) mass is 622 g/mol. The fourth-order valence-electron chi connectivity index (χ4n) is 4.09. The number of thiazole rings is 1. The maximum absolute atomic E-state index is 13.2. The smallest absolute Gasteiger partial charge is 0.347 e. The molecule has 1 unspecified atom stereocenters. The van der Waals surface area contributed by atoms with Crippen molar-refractivity contribution in [3.8, 4) is 0 Å². The van der Waals surface area contributed by atoms with Gasteiger partial charge < -0.3 is 41.0 Å². The third-order valence-electron chi connectivity index (χ3n) is 6.00. The fraction of sp³-hybridized carbons (Fsp3) is 0.273. The average Bonchev–Trinajstić information content (AvgIpc) is 3.45. The number of nitrogens with zero attached hydrogens (tertiary/aromatic N) is 5. The van der Waals surface area contributed by atoms with E-state index < -0.39 is 47.0 Å². The van der Waals surface area contributed by atoms with Crippen molar-refractivity contribution in [2.45, 2.75) is 31.0 Å². The second-order valence-corrected chi connectivity index (χ2v) is 11.5. The van der Waals surface area contributed by atoms with Gasteiger partial charge in [0.05, 0.1) is 11.7 Å². The molecule has 0 aliphatic carbocycles. The minimum atomic E-state index is -1.56. The van der Waals surface area contributed by atoms with Crippen LogP contribution in [0.4, 0.5) is 11.1 Å². The summed E-state index contributed by atoms with van der Waals surface area (Å²) in [5.74, 6) is -4.38. The van der Waals surface area contributed by atoms with Gasteiger partial charge in [-0.05, 0) is 6.92 Å². The fourth-order valence-corrected chi connectivity index (χ4v) is 6.35. The zero-order valence-electron chi connectivity index (χ0n) is 20.8. The summed E-state index contributed by atoms with van der Waals surface area (Å²) >= 11 is 8.19. The number of amides is 2. The van der Waals surface area contributed by atoms with Crippen LogP contribution in [0.5, 0.6) is 0 Å². The van der Waals surface area contributed by atoms with Crippen LogP contribution in [0.3, 0.4) is 0 Å². The Kier molecular flexibility index (Phi) is 7.45. The van der Waals surface area contributed by atoms with Gasteiger partial charge in [-0.1, -0.05) is 28.1 Å². The molecule has 2 amide bonds. The van der Waals surface area contributed by atoms with Crippen LogP contribution in [0.15, 0.2) is 39.3 Å². The van der Waals surface area contributed by atoms with Gasteiger partial charge in [0, 0.05) is 17.4 Å². The Balaban J connectivity index is 1.37. The average molecular weight is 623 g/mol. The number of aromatic nitrogens is 3. The first kappa shape index (κ1) is 28.1. The first-order valence-electron chi connectivity index (χ1n) is 11.6. The summed E-state index contributed by atoms with van der Waals surface area (Å²) in [6, 6.07) is 0.459. The molecule has 5 heterocycles. The number of hydrogen-bond acceptors (Lipinski definition) is 14. The van der Waals surface area contributed by atoms with Gasteiger partial charge in [0.15, 0.2) is 40.9 Å². The molecule has 5 rings (SSSR count). The molecule has 2 aliphatic heterocycles. The van der Waals surface area contributed by atoms with Crippen molar-refractivity contribution >= 4 is 86.4 Å². The normalized spacial score (nSPS) is 19.5. The molecule has 41 heavy (non-hydrogen) atoms. The third kappa shape index (κ3) is 5.35. The van der Waals surface area contributed by atoms with Gasteiger partial charge in [-0.15, -0.1) is 11.8 Å². The van der Waals surface area contributed by atoms with E-state index in [2.05, 4.69) is 20.4 Å². The molecule has 0 aromatic carbocycles. The minimum absolute atomic E-state index is 0.00539. The molecule has 3 atom stereocenters. The number of oxime groups is 1. The first-order chi connectivity index (χ1) is 19.4. The van der Waals surface area contributed by atoms with Crippen molar-refractivity contribution in [3.05, 3.63) is 39.8 Å². The van der Waals surface area contributed by atoms with Crippen LogP contribution in [0.1, 0.15) is 12.6 Å². The SMILES string of the molecule is C[C@H](O/N=C(\C(=O)NC1C(=O)N2C(C(=O)[O-])=C(C[n+]3ccc4oc(N)nc4c3)CS[C@H]12)c1nc(N)sc1Cl)C(=O)O. The number of pyridine rings is 1. The number of hydrogen-bond donors (Lipinski definition) is 4. The van der Waals surface area contributed by atoms with Crippen molar-refractivity contribution in [1.82, 2.24) is 20.2 Å². The molecular formula is C22H19ClN8O8S2. The van der Waals surface area contributed by atoms with Crippen LogP contribution in [0.2, 0.25) is 4.34 Å². The molecule has 0 radical (unpaired) electrons. The lowest BCUT2D eigenvalue weighted by atomic mass is 10.0. The Morgan fingerprint density at radius 2 is 2.17 bits per heavy atom.